The Morgan fingerprint density at radius 2 is 2.00 bits per heavy atom. The zero-order valence-corrected chi connectivity index (χ0v) is 13.4. The Hall–Kier alpha value is -1.26. The highest BCUT2D eigenvalue weighted by Crippen LogP contribution is 2.22. The molecule has 0 saturated carbocycles. The SMILES string of the molecule is CCCCCCOCCCC(=O)Nc1ccc(Cl)cc1N. The van der Waals surface area contributed by atoms with Crippen LogP contribution in [0.4, 0.5) is 11.4 Å². The predicted molar refractivity (Wildman–Crippen MR) is 88.7 cm³/mol. The Balaban J connectivity index is 2.11. The summed E-state index contributed by atoms with van der Waals surface area (Å²) < 4.78 is 5.50. The number of benzene rings is 1. The van der Waals surface area contributed by atoms with Crippen LogP contribution in [0.3, 0.4) is 0 Å². The van der Waals surface area contributed by atoms with E-state index in [2.05, 4.69) is 12.2 Å². The van der Waals surface area contributed by atoms with Crippen LogP contribution >= 0.6 is 11.6 Å². The van der Waals surface area contributed by atoms with Crippen LogP contribution in [0.5, 0.6) is 0 Å². The quantitative estimate of drug-likeness (QED) is 0.502. The minimum atomic E-state index is -0.0568. The minimum absolute atomic E-state index is 0.0568. The van der Waals surface area contributed by atoms with Crippen LogP contribution in [-0.4, -0.2) is 19.1 Å². The van der Waals surface area contributed by atoms with Crippen molar-refractivity contribution >= 4 is 28.9 Å². The number of carbonyl (C=O) groups is 1. The third-order valence-electron chi connectivity index (χ3n) is 3.12. The van der Waals surface area contributed by atoms with E-state index in [4.69, 9.17) is 22.1 Å². The first-order valence-electron chi connectivity index (χ1n) is 7.56. The fourth-order valence-electron chi connectivity index (χ4n) is 1.93. The molecule has 1 aromatic carbocycles. The number of anilines is 2. The van der Waals surface area contributed by atoms with Crippen LogP contribution in [0.1, 0.15) is 45.4 Å². The largest absolute Gasteiger partial charge is 0.397 e. The van der Waals surface area contributed by atoms with Crippen LogP contribution in [0, 0.1) is 0 Å². The van der Waals surface area contributed by atoms with Gasteiger partial charge in [-0.05, 0) is 31.0 Å². The summed E-state index contributed by atoms with van der Waals surface area (Å²) in [5.41, 5.74) is 6.86. The fraction of sp³-hybridized carbons (Fsp3) is 0.562. The molecule has 1 aromatic rings. The summed E-state index contributed by atoms with van der Waals surface area (Å²) in [5, 5.41) is 3.34. The smallest absolute Gasteiger partial charge is 0.224 e. The highest BCUT2D eigenvalue weighted by atomic mass is 35.5. The van der Waals surface area contributed by atoms with Gasteiger partial charge >= 0.3 is 0 Å². The van der Waals surface area contributed by atoms with Gasteiger partial charge in [0.2, 0.25) is 5.91 Å². The molecule has 0 spiro atoms. The van der Waals surface area contributed by atoms with E-state index in [0.29, 0.717) is 35.8 Å². The van der Waals surface area contributed by atoms with Crippen molar-refractivity contribution in [1.82, 2.24) is 0 Å². The van der Waals surface area contributed by atoms with Crippen molar-refractivity contribution in [2.24, 2.45) is 0 Å². The third kappa shape index (κ3) is 7.93. The molecule has 0 atom stereocenters. The molecule has 0 aromatic heterocycles. The zero-order valence-electron chi connectivity index (χ0n) is 12.7. The lowest BCUT2D eigenvalue weighted by Gasteiger charge is -2.08. The van der Waals surface area contributed by atoms with Crippen LogP contribution in [0.15, 0.2) is 18.2 Å². The Kier molecular flexibility index (Phi) is 8.87. The monoisotopic (exact) mass is 312 g/mol. The molecule has 0 saturated heterocycles. The normalized spacial score (nSPS) is 10.6. The second-order valence-electron chi connectivity index (χ2n) is 5.06. The van der Waals surface area contributed by atoms with Gasteiger partial charge in [-0.15, -0.1) is 0 Å². The van der Waals surface area contributed by atoms with Gasteiger partial charge in [0.25, 0.3) is 0 Å². The molecule has 0 radical (unpaired) electrons. The molecule has 1 rings (SSSR count). The van der Waals surface area contributed by atoms with Crippen LogP contribution < -0.4 is 11.1 Å². The van der Waals surface area contributed by atoms with Crippen molar-refractivity contribution in [1.29, 1.82) is 0 Å². The molecule has 21 heavy (non-hydrogen) atoms. The lowest BCUT2D eigenvalue weighted by molar-refractivity contribution is -0.116. The van der Waals surface area contributed by atoms with Gasteiger partial charge in [0, 0.05) is 24.7 Å². The summed E-state index contributed by atoms with van der Waals surface area (Å²) in [4.78, 5) is 11.8. The summed E-state index contributed by atoms with van der Waals surface area (Å²) in [6.45, 7) is 3.59. The lowest BCUT2D eigenvalue weighted by atomic mass is 10.2. The maximum atomic E-state index is 11.8. The van der Waals surface area contributed by atoms with Gasteiger partial charge < -0.3 is 15.8 Å². The summed E-state index contributed by atoms with van der Waals surface area (Å²) >= 11 is 5.81. The van der Waals surface area contributed by atoms with Gasteiger partial charge in [0.1, 0.15) is 0 Å². The Bertz CT molecular complexity index is 438. The number of unbranched alkanes of at least 4 members (excludes halogenated alkanes) is 3. The number of rotatable bonds is 10. The molecule has 3 N–H and O–H groups in total. The van der Waals surface area contributed by atoms with Gasteiger partial charge in [0.15, 0.2) is 0 Å². The van der Waals surface area contributed by atoms with E-state index in [1.54, 1.807) is 18.2 Å². The maximum Gasteiger partial charge on any atom is 0.224 e. The minimum Gasteiger partial charge on any atom is -0.397 e. The van der Waals surface area contributed by atoms with Gasteiger partial charge in [-0.25, -0.2) is 0 Å². The van der Waals surface area contributed by atoms with Crippen molar-refractivity contribution in [2.45, 2.75) is 45.4 Å². The number of nitrogen functional groups attached to an aromatic ring is 1. The second kappa shape index (κ2) is 10.5. The zero-order chi connectivity index (χ0) is 15.5. The molecule has 0 heterocycles. The Labute approximate surface area is 132 Å². The van der Waals surface area contributed by atoms with E-state index >= 15 is 0 Å². The molecular weight excluding hydrogens is 288 g/mol. The van der Waals surface area contributed by atoms with Crippen molar-refractivity contribution in [3.05, 3.63) is 23.2 Å². The number of hydrogen-bond acceptors (Lipinski definition) is 3. The molecule has 4 nitrogen and oxygen atoms in total. The van der Waals surface area contributed by atoms with E-state index < -0.39 is 0 Å². The van der Waals surface area contributed by atoms with E-state index in [9.17, 15) is 4.79 Å². The molecule has 5 heteroatoms. The second-order valence-corrected chi connectivity index (χ2v) is 5.49. The Morgan fingerprint density at radius 1 is 1.24 bits per heavy atom. The topological polar surface area (TPSA) is 64.3 Å². The summed E-state index contributed by atoms with van der Waals surface area (Å²) in [5.74, 6) is -0.0568. The summed E-state index contributed by atoms with van der Waals surface area (Å²) in [6, 6.07) is 5.03. The standard InChI is InChI=1S/C16H25ClN2O2/c1-2-3-4-5-10-21-11-6-7-16(20)19-15-9-8-13(17)12-14(15)18/h8-9,12H,2-7,10-11,18H2,1H3,(H,19,20). The maximum absolute atomic E-state index is 11.8. The van der Waals surface area contributed by atoms with Gasteiger partial charge in [-0.3, -0.25) is 4.79 Å². The van der Waals surface area contributed by atoms with E-state index in [1.165, 1.54) is 19.3 Å². The van der Waals surface area contributed by atoms with Gasteiger partial charge in [-0.1, -0.05) is 37.8 Å². The molecule has 0 unspecified atom stereocenters. The lowest BCUT2D eigenvalue weighted by Crippen LogP contribution is -2.13. The van der Waals surface area contributed by atoms with Crippen LogP contribution in [-0.2, 0) is 9.53 Å². The van der Waals surface area contributed by atoms with Gasteiger partial charge in [0.05, 0.1) is 11.4 Å². The first-order valence-corrected chi connectivity index (χ1v) is 7.94. The number of amides is 1. The third-order valence-corrected chi connectivity index (χ3v) is 3.36. The highest BCUT2D eigenvalue weighted by molar-refractivity contribution is 6.31. The van der Waals surface area contributed by atoms with Crippen molar-refractivity contribution in [3.8, 4) is 0 Å². The number of nitrogens with one attached hydrogen (secondary N) is 1. The predicted octanol–water partition coefficient (Wildman–Crippen LogP) is 4.24. The molecule has 0 aliphatic carbocycles. The molecule has 118 valence electrons. The molecular formula is C16H25ClN2O2. The number of ether oxygens (including phenoxy) is 1. The van der Waals surface area contributed by atoms with Crippen molar-refractivity contribution < 1.29 is 9.53 Å². The number of nitrogens with two attached hydrogens (primary N) is 1. The molecule has 0 fully saturated rings. The van der Waals surface area contributed by atoms with E-state index in [0.717, 1.165) is 13.0 Å². The number of halogens is 1. The average molecular weight is 313 g/mol. The van der Waals surface area contributed by atoms with Gasteiger partial charge in [-0.2, -0.15) is 0 Å². The Morgan fingerprint density at radius 3 is 2.71 bits per heavy atom. The molecule has 0 bridgehead atoms. The van der Waals surface area contributed by atoms with Crippen molar-refractivity contribution in [3.63, 3.8) is 0 Å². The van der Waals surface area contributed by atoms with Crippen LogP contribution in [0.2, 0.25) is 5.02 Å². The van der Waals surface area contributed by atoms with E-state index in [-0.39, 0.29) is 5.91 Å². The average Bonchev–Trinajstić information content (AvgIpc) is 2.45. The number of hydrogen-bond donors (Lipinski definition) is 2. The first-order chi connectivity index (χ1) is 10.1. The molecule has 0 aliphatic rings. The summed E-state index contributed by atoms with van der Waals surface area (Å²) in [7, 11) is 0. The van der Waals surface area contributed by atoms with Crippen LogP contribution in [0.25, 0.3) is 0 Å². The molecule has 1 amide bonds. The summed E-state index contributed by atoms with van der Waals surface area (Å²) in [6.07, 6.45) is 5.95. The van der Waals surface area contributed by atoms with Crippen molar-refractivity contribution in [2.75, 3.05) is 24.3 Å². The number of carbonyl (C=O) groups excluding carboxylic acids is 1. The first kappa shape index (κ1) is 17.8. The van der Waals surface area contributed by atoms with E-state index in [1.807, 2.05) is 0 Å². The fourth-order valence-corrected chi connectivity index (χ4v) is 2.11. The highest BCUT2D eigenvalue weighted by Gasteiger charge is 2.05. The molecule has 0 aliphatic heterocycles.